The van der Waals surface area contributed by atoms with Crippen molar-refractivity contribution in [3.63, 3.8) is 0 Å². The summed E-state index contributed by atoms with van der Waals surface area (Å²) in [5, 5.41) is 13.2. The van der Waals surface area contributed by atoms with Gasteiger partial charge in [0, 0.05) is 18.6 Å². The maximum Gasteiger partial charge on any atom is 0.240 e. The maximum absolute atomic E-state index is 13.2. The van der Waals surface area contributed by atoms with Crippen LogP contribution in [0.3, 0.4) is 0 Å². The van der Waals surface area contributed by atoms with Crippen molar-refractivity contribution in [1.29, 1.82) is 0 Å². The molecule has 6 rings (SSSR count). The first-order valence-electron chi connectivity index (χ1n) is 12.2. The van der Waals surface area contributed by atoms with E-state index < -0.39 is 5.41 Å². The van der Waals surface area contributed by atoms with Gasteiger partial charge in [-0.2, -0.15) is 0 Å². The van der Waals surface area contributed by atoms with Gasteiger partial charge in [-0.25, -0.2) is 19.9 Å². The maximum atomic E-state index is 13.2. The number of nitrogen functional groups attached to an aromatic ring is 1. The predicted octanol–water partition coefficient (Wildman–Crippen LogP) is 4.51. The summed E-state index contributed by atoms with van der Waals surface area (Å²) in [7, 11) is 0. The highest BCUT2D eigenvalue weighted by Gasteiger charge is 2.47. The molecular formula is C26H26ClN7O2. The molecule has 3 aromatic heterocycles. The van der Waals surface area contributed by atoms with Crippen LogP contribution in [0, 0.1) is 5.92 Å². The number of rotatable bonds is 4. The van der Waals surface area contributed by atoms with Crippen molar-refractivity contribution in [3.8, 4) is 17.3 Å². The van der Waals surface area contributed by atoms with Crippen molar-refractivity contribution in [2.45, 2.75) is 50.9 Å². The Balaban J connectivity index is 1.43. The fourth-order valence-electron chi connectivity index (χ4n) is 5.53. The smallest absolute Gasteiger partial charge is 0.240 e. The molecule has 1 unspecified atom stereocenters. The molecule has 1 aliphatic heterocycles. The first kappa shape index (κ1) is 22.7. The third kappa shape index (κ3) is 3.57. The Kier molecular flexibility index (Phi) is 5.33. The van der Waals surface area contributed by atoms with Crippen molar-refractivity contribution in [3.05, 3.63) is 58.6 Å². The van der Waals surface area contributed by atoms with Crippen LogP contribution in [0.1, 0.15) is 55.8 Å². The number of aromatic hydroxyl groups is 1. The number of fused-ring (bicyclic) bond motifs is 2. The molecule has 9 nitrogen and oxygen atoms in total. The highest BCUT2D eigenvalue weighted by molar-refractivity contribution is 6.32. The number of imidazole rings is 1. The molecule has 184 valence electrons. The standard InChI is InChI=1S/C26H26ClN7O2/c1-26(15-7-8-16(27)19(35)12-15)20-21(28)31-22(32-23(20)33-25(26)36)18-13-34-10-9-29-24(34)17(30-18)11-14-5-3-2-4-6-14/h7-10,12-14,35H,2-6,11H2,1H3,(H3,28,31,32,33,36). The predicted molar refractivity (Wildman–Crippen MR) is 137 cm³/mol. The van der Waals surface area contributed by atoms with E-state index >= 15 is 0 Å². The lowest BCUT2D eigenvalue weighted by atomic mass is 9.77. The number of benzene rings is 1. The molecule has 0 spiro atoms. The number of anilines is 2. The Morgan fingerprint density at radius 2 is 2.03 bits per heavy atom. The Hall–Kier alpha value is -3.72. The Labute approximate surface area is 212 Å². The van der Waals surface area contributed by atoms with Crippen LogP contribution in [0.25, 0.3) is 17.2 Å². The summed E-state index contributed by atoms with van der Waals surface area (Å²) in [5.74, 6) is 0.996. The van der Waals surface area contributed by atoms with Gasteiger partial charge in [0.2, 0.25) is 5.91 Å². The number of halogens is 1. The van der Waals surface area contributed by atoms with Crippen LogP contribution in [0.2, 0.25) is 5.02 Å². The number of nitrogens with one attached hydrogen (secondary N) is 1. The first-order chi connectivity index (χ1) is 17.3. The van der Waals surface area contributed by atoms with E-state index in [4.69, 9.17) is 22.3 Å². The van der Waals surface area contributed by atoms with Gasteiger partial charge in [0.25, 0.3) is 0 Å². The molecule has 0 saturated heterocycles. The minimum absolute atomic E-state index is 0.115. The van der Waals surface area contributed by atoms with Crippen molar-refractivity contribution < 1.29 is 9.90 Å². The van der Waals surface area contributed by atoms with Crippen molar-refractivity contribution in [2.75, 3.05) is 11.1 Å². The van der Waals surface area contributed by atoms with E-state index in [2.05, 4.69) is 20.3 Å². The van der Waals surface area contributed by atoms with Crippen LogP contribution >= 0.6 is 11.6 Å². The molecule has 4 aromatic rings. The van der Waals surface area contributed by atoms with Crippen LogP contribution in [-0.2, 0) is 16.6 Å². The molecule has 0 radical (unpaired) electrons. The number of hydrogen-bond acceptors (Lipinski definition) is 7. The third-order valence-electron chi connectivity index (χ3n) is 7.53. The number of hydrogen-bond donors (Lipinski definition) is 3. The molecular weight excluding hydrogens is 478 g/mol. The average molecular weight is 504 g/mol. The van der Waals surface area contributed by atoms with Crippen molar-refractivity contribution in [2.24, 2.45) is 5.92 Å². The number of nitrogens with two attached hydrogens (primary N) is 1. The lowest BCUT2D eigenvalue weighted by Gasteiger charge is -2.24. The lowest BCUT2D eigenvalue weighted by Crippen LogP contribution is -2.32. The fraction of sp³-hybridized carbons (Fsp3) is 0.346. The first-order valence-corrected chi connectivity index (χ1v) is 12.5. The Bertz CT molecular complexity index is 1510. The minimum Gasteiger partial charge on any atom is -0.506 e. The van der Waals surface area contributed by atoms with Gasteiger partial charge < -0.3 is 20.6 Å². The number of amides is 1. The van der Waals surface area contributed by atoms with Crippen LogP contribution in [0.5, 0.6) is 5.75 Å². The third-order valence-corrected chi connectivity index (χ3v) is 7.85. The molecule has 1 atom stereocenters. The van der Waals surface area contributed by atoms with Gasteiger partial charge in [-0.3, -0.25) is 4.79 Å². The number of carbonyl (C=O) groups is 1. The zero-order valence-electron chi connectivity index (χ0n) is 19.8. The zero-order chi connectivity index (χ0) is 25.0. The van der Waals surface area contributed by atoms with Crippen molar-refractivity contribution >= 4 is 34.8 Å². The minimum atomic E-state index is -1.19. The van der Waals surface area contributed by atoms with Gasteiger partial charge in [0.15, 0.2) is 11.5 Å². The average Bonchev–Trinajstić information content (AvgIpc) is 3.44. The normalized spacial score (nSPS) is 20.0. The van der Waals surface area contributed by atoms with E-state index in [0.717, 1.165) is 17.8 Å². The molecule has 0 bridgehead atoms. The second-order valence-electron chi connectivity index (χ2n) is 9.84. The summed E-state index contributed by atoms with van der Waals surface area (Å²) in [6, 6.07) is 4.71. The number of phenols is 1. The van der Waals surface area contributed by atoms with Gasteiger partial charge >= 0.3 is 0 Å². The Morgan fingerprint density at radius 1 is 1.22 bits per heavy atom. The van der Waals surface area contributed by atoms with Crippen molar-refractivity contribution in [1.82, 2.24) is 24.3 Å². The highest BCUT2D eigenvalue weighted by Crippen LogP contribution is 2.46. The number of carbonyl (C=O) groups excluding carboxylic acids is 1. The Morgan fingerprint density at radius 3 is 2.81 bits per heavy atom. The summed E-state index contributed by atoms with van der Waals surface area (Å²) in [5.41, 5.74) is 8.58. The molecule has 2 aliphatic rings. The number of nitrogens with zero attached hydrogens (tertiary/aromatic N) is 5. The quantitative estimate of drug-likeness (QED) is 0.373. The molecule has 1 aliphatic carbocycles. The lowest BCUT2D eigenvalue weighted by molar-refractivity contribution is -0.119. The van der Waals surface area contributed by atoms with E-state index in [0.29, 0.717) is 34.4 Å². The summed E-state index contributed by atoms with van der Waals surface area (Å²) < 4.78 is 1.94. The summed E-state index contributed by atoms with van der Waals surface area (Å²) in [6.45, 7) is 1.73. The van der Waals surface area contributed by atoms with E-state index in [-0.39, 0.29) is 22.5 Å². The molecule has 10 heteroatoms. The summed E-state index contributed by atoms with van der Waals surface area (Å²) in [6.07, 6.45) is 12.5. The van der Waals surface area contributed by atoms with Crippen LogP contribution in [0.15, 0.2) is 36.8 Å². The summed E-state index contributed by atoms with van der Waals surface area (Å²) in [4.78, 5) is 31.9. The molecule has 4 N–H and O–H groups in total. The van der Waals surface area contributed by atoms with E-state index in [1.807, 2.05) is 16.8 Å². The molecule has 1 aromatic carbocycles. The second kappa shape index (κ2) is 8.44. The molecule has 1 amide bonds. The SMILES string of the molecule is CC1(c2ccc(Cl)c(O)c2)C(=O)Nc2nc(-c3cn4ccnc4c(CC4CCCCC4)n3)nc(N)c21. The number of aromatic nitrogens is 5. The molecule has 1 fully saturated rings. The van der Waals surface area contributed by atoms with Crippen LogP contribution < -0.4 is 11.1 Å². The van der Waals surface area contributed by atoms with Crippen LogP contribution in [-0.4, -0.2) is 35.4 Å². The van der Waals surface area contributed by atoms with Gasteiger partial charge in [-0.15, -0.1) is 0 Å². The van der Waals surface area contributed by atoms with E-state index in [1.165, 1.54) is 38.2 Å². The topological polar surface area (TPSA) is 131 Å². The highest BCUT2D eigenvalue weighted by atomic mass is 35.5. The molecule has 4 heterocycles. The van der Waals surface area contributed by atoms with E-state index in [9.17, 15) is 9.90 Å². The van der Waals surface area contributed by atoms with E-state index in [1.54, 1.807) is 25.3 Å². The van der Waals surface area contributed by atoms with Gasteiger partial charge in [0.05, 0.1) is 16.3 Å². The van der Waals surface area contributed by atoms with Crippen LogP contribution in [0.4, 0.5) is 11.6 Å². The largest absolute Gasteiger partial charge is 0.506 e. The fourth-order valence-corrected chi connectivity index (χ4v) is 5.64. The second-order valence-corrected chi connectivity index (χ2v) is 10.2. The summed E-state index contributed by atoms with van der Waals surface area (Å²) >= 11 is 5.98. The molecule has 36 heavy (non-hydrogen) atoms. The van der Waals surface area contributed by atoms with Gasteiger partial charge in [0.1, 0.15) is 28.5 Å². The molecule has 1 saturated carbocycles. The zero-order valence-corrected chi connectivity index (χ0v) is 20.6. The van der Waals surface area contributed by atoms with Gasteiger partial charge in [-0.05, 0) is 37.0 Å². The van der Waals surface area contributed by atoms with Gasteiger partial charge in [-0.1, -0.05) is 49.8 Å². The monoisotopic (exact) mass is 503 g/mol. The number of phenolic OH excluding ortho intramolecular Hbond substituents is 1.